The van der Waals surface area contributed by atoms with Crippen LogP contribution in [0.4, 0.5) is 0 Å². The van der Waals surface area contributed by atoms with Crippen molar-refractivity contribution < 1.29 is 5.11 Å². The van der Waals surface area contributed by atoms with E-state index in [-0.39, 0.29) is 0 Å². The normalized spacial score (nSPS) is 21.5. The molecule has 3 heteroatoms. The topological polar surface area (TPSA) is 23.5 Å². The molecule has 1 aromatic carbocycles. The Morgan fingerprint density at radius 3 is 2.75 bits per heavy atom. The second kappa shape index (κ2) is 5.71. The number of aliphatic hydroxyl groups excluding tert-OH is 1. The first-order chi connectivity index (χ1) is 7.83. The molecule has 1 heterocycles. The van der Waals surface area contributed by atoms with Crippen molar-refractivity contribution in [3.05, 3.63) is 29.8 Å². The Labute approximate surface area is 102 Å². The van der Waals surface area contributed by atoms with Crippen LogP contribution in [0.25, 0.3) is 0 Å². The molecular weight excluding hydrogens is 218 g/mol. The smallest absolute Gasteiger partial charge is 0.0587 e. The molecule has 0 unspecified atom stereocenters. The summed E-state index contributed by atoms with van der Waals surface area (Å²) < 4.78 is 0. The van der Waals surface area contributed by atoms with Crippen LogP contribution in [0.15, 0.2) is 29.2 Å². The van der Waals surface area contributed by atoms with Gasteiger partial charge in [-0.1, -0.05) is 12.1 Å². The van der Waals surface area contributed by atoms with E-state index in [1.165, 1.54) is 16.9 Å². The summed E-state index contributed by atoms with van der Waals surface area (Å²) in [4.78, 5) is 3.69. The van der Waals surface area contributed by atoms with E-state index in [0.29, 0.717) is 12.6 Å². The quantitative estimate of drug-likeness (QED) is 0.813. The van der Waals surface area contributed by atoms with E-state index in [1.54, 1.807) is 11.8 Å². The lowest BCUT2D eigenvalue weighted by Gasteiger charge is -2.22. The fourth-order valence-corrected chi connectivity index (χ4v) is 2.68. The highest BCUT2D eigenvalue weighted by Crippen LogP contribution is 2.21. The number of hydrogen-bond donors (Lipinski definition) is 1. The van der Waals surface area contributed by atoms with E-state index in [1.807, 2.05) is 0 Å². The minimum atomic E-state index is 0.295. The van der Waals surface area contributed by atoms with E-state index in [4.69, 9.17) is 0 Å². The molecular formula is C13H19NOS. The zero-order valence-corrected chi connectivity index (χ0v) is 10.5. The summed E-state index contributed by atoms with van der Waals surface area (Å²) in [6, 6.07) is 9.10. The molecule has 1 fully saturated rings. The van der Waals surface area contributed by atoms with Gasteiger partial charge in [0.1, 0.15) is 0 Å². The van der Waals surface area contributed by atoms with Gasteiger partial charge in [-0.15, -0.1) is 11.8 Å². The molecule has 0 saturated carbocycles. The molecule has 16 heavy (non-hydrogen) atoms. The van der Waals surface area contributed by atoms with Crippen LogP contribution in [0.2, 0.25) is 0 Å². The van der Waals surface area contributed by atoms with Crippen molar-refractivity contribution in [2.24, 2.45) is 0 Å². The van der Waals surface area contributed by atoms with E-state index in [2.05, 4.69) is 35.4 Å². The summed E-state index contributed by atoms with van der Waals surface area (Å²) in [5.41, 5.74) is 1.35. The highest BCUT2D eigenvalue weighted by atomic mass is 32.2. The Morgan fingerprint density at radius 1 is 1.38 bits per heavy atom. The molecule has 0 radical (unpaired) electrons. The maximum Gasteiger partial charge on any atom is 0.0587 e. The van der Waals surface area contributed by atoms with Gasteiger partial charge in [-0.2, -0.15) is 0 Å². The SMILES string of the molecule is CSc1ccc(CN2CCC[C@@H]2CO)cc1. The van der Waals surface area contributed by atoms with E-state index in [9.17, 15) is 5.11 Å². The zero-order chi connectivity index (χ0) is 11.4. The van der Waals surface area contributed by atoms with Gasteiger partial charge in [-0.3, -0.25) is 4.90 Å². The van der Waals surface area contributed by atoms with Crippen molar-refractivity contribution in [2.45, 2.75) is 30.3 Å². The third-order valence-corrected chi connectivity index (χ3v) is 4.00. The van der Waals surface area contributed by atoms with Crippen molar-refractivity contribution in [1.29, 1.82) is 0 Å². The van der Waals surface area contributed by atoms with Gasteiger partial charge < -0.3 is 5.11 Å². The number of likely N-dealkylation sites (tertiary alicyclic amines) is 1. The van der Waals surface area contributed by atoms with Crippen LogP contribution in [0.5, 0.6) is 0 Å². The van der Waals surface area contributed by atoms with Crippen LogP contribution in [-0.4, -0.2) is 35.5 Å². The molecule has 1 aliphatic rings. The van der Waals surface area contributed by atoms with Gasteiger partial charge >= 0.3 is 0 Å². The summed E-state index contributed by atoms with van der Waals surface area (Å²) in [6.07, 6.45) is 4.45. The maximum absolute atomic E-state index is 9.25. The molecule has 1 aromatic rings. The molecule has 1 saturated heterocycles. The minimum absolute atomic E-state index is 0.295. The lowest BCUT2D eigenvalue weighted by atomic mass is 10.2. The second-order valence-corrected chi connectivity index (χ2v) is 5.18. The Bertz CT molecular complexity index is 325. The lowest BCUT2D eigenvalue weighted by molar-refractivity contribution is 0.153. The van der Waals surface area contributed by atoms with Crippen LogP contribution >= 0.6 is 11.8 Å². The third kappa shape index (κ3) is 2.78. The van der Waals surface area contributed by atoms with Gasteiger partial charge in [0.25, 0.3) is 0 Å². The third-order valence-electron chi connectivity index (χ3n) is 3.25. The van der Waals surface area contributed by atoms with Crippen molar-refractivity contribution >= 4 is 11.8 Å². The van der Waals surface area contributed by atoms with Crippen LogP contribution in [-0.2, 0) is 6.54 Å². The second-order valence-electron chi connectivity index (χ2n) is 4.30. The average molecular weight is 237 g/mol. The van der Waals surface area contributed by atoms with Crippen LogP contribution in [0, 0.1) is 0 Å². The summed E-state index contributed by atoms with van der Waals surface area (Å²) in [6.45, 7) is 2.39. The average Bonchev–Trinajstić information content (AvgIpc) is 2.77. The summed E-state index contributed by atoms with van der Waals surface area (Å²) in [5.74, 6) is 0. The molecule has 88 valence electrons. The van der Waals surface area contributed by atoms with Crippen LogP contribution in [0.1, 0.15) is 18.4 Å². The molecule has 2 rings (SSSR count). The van der Waals surface area contributed by atoms with Crippen molar-refractivity contribution in [1.82, 2.24) is 4.90 Å². The Morgan fingerprint density at radius 2 is 2.12 bits per heavy atom. The highest BCUT2D eigenvalue weighted by Gasteiger charge is 2.23. The first-order valence-corrected chi connectivity index (χ1v) is 7.04. The number of thioether (sulfide) groups is 1. The van der Waals surface area contributed by atoms with E-state index < -0.39 is 0 Å². The van der Waals surface area contributed by atoms with Gasteiger partial charge in [-0.05, 0) is 43.3 Å². The van der Waals surface area contributed by atoms with Crippen molar-refractivity contribution in [2.75, 3.05) is 19.4 Å². The molecule has 2 nitrogen and oxygen atoms in total. The minimum Gasteiger partial charge on any atom is -0.395 e. The number of rotatable bonds is 4. The number of hydrogen-bond acceptors (Lipinski definition) is 3. The molecule has 0 spiro atoms. The molecule has 1 aliphatic heterocycles. The van der Waals surface area contributed by atoms with Gasteiger partial charge in [0.05, 0.1) is 6.61 Å². The van der Waals surface area contributed by atoms with Crippen LogP contribution in [0.3, 0.4) is 0 Å². The largest absolute Gasteiger partial charge is 0.395 e. The first kappa shape index (κ1) is 12.0. The van der Waals surface area contributed by atoms with E-state index >= 15 is 0 Å². The summed E-state index contributed by atoms with van der Waals surface area (Å²) in [5, 5.41) is 9.25. The Hall–Kier alpha value is -0.510. The fraction of sp³-hybridized carbons (Fsp3) is 0.538. The predicted molar refractivity (Wildman–Crippen MR) is 68.7 cm³/mol. The maximum atomic E-state index is 9.25. The molecule has 0 aliphatic carbocycles. The first-order valence-electron chi connectivity index (χ1n) is 5.81. The molecule has 0 aromatic heterocycles. The Balaban J connectivity index is 1.97. The predicted octanol–water partition coefficient (Wildman–Crippen LogP) is 2.37. The van der Waals surface area contributed by atoms with Gasteiger partial charge in [0, 0.05) is 17.5 Å². The molecule has 0 amide bonds. The number of benzene rings is 1. The summed E-state index contributed by atoms with van der Waals surface area (Å²) in [7, 11) is 0. The standard InChI is InChI=1S/C13H19NOS/c1-16-13-6-4-11(5-7-13)9-14-8-2-3-12(14)10-15/h4-7,12,15H,2-3,8-10H2,1H3/t12-/m1/s1. The molecule has 0 bridgehead atoms. The fourth-order valence-electron chi connectivity index (χ4n) is 2.28. The highest BCUT2D eigenvalue weighted by molar-refractivity contribution is 7.98. The van der Waals surface area contributed by atoms with Gasteiger partial charge in [-0.25, -0.2) is 0 Å². The molecule has 1 N–H and O–H groups in total. The van der Waals surface area contributed by atoms with Crippen molar-refractivity contribution in [3.63, 3.8) is 0 Å². The zero-order valence-electron chi connectivity index (χ0n) is 9.72. The lowest BCUT2D eigenvalue weighted by Crippen LogP contribution is -2.31. The number of aliphatic hydroxyl groups is 1. The summed E-state index contributed by atoms with van der Waals surface area (Å²) >= 11 is 1.77. The Kier molecular flexibility index (Phi) is 4.27. The number of nitrogens with zero attached hydrogens (tertiary/aromatic N) is 1. The van der Waals surface area contributed by atoms with E-state index in [0.717, 1.165) is 19.5 Å². The monoisotopic (exact) mass is 237 g/mol. The van der Waals surface area contributed by atoms with Gasteiger partial charge in [0.2, 0.25) is 0 Å². The van der Waals surface area contributed by atoms with Crippen LogP contribution < -0.4 is 0 Å². The van der Waals surface area contributed by atoms with Gasteiger partial charge in [0.15, 0.2) is 0 Å². The van der Waals surface area contributed by atoms with Crippen molar-refractivity contribution in [3.8, 4) is 0 Å². The molecule has 1 atom stereocenters.